The quantitative estimate of drug-likeness (QED) is 0.771. The van der Waals surface area contributed by atoms with Crippen molar-refractivity contribution in [3.8, 4) is 5.75 Å². The Kier molecular flexibility index (Phi) is 4.26. The van der Waals surface area contributed by atoms with Crippen molar-refractivity contribution in [1.29, 1.82) is 0 Å². The summed E-state index contributed by atoms with van der Waals surface area (Å²) in [5.41, 5.74) is 1.08. The van der Waals surface area contributed by atoms with Gasteiger partial charge in [0, 0.05) is 25.3 Å². The van der Waals surface area contributed by atoms with Gasteiger partial charge in [-0.05, 0) is 26.2 Å². The van der Waals surface area contributed by atoms with Gasteiger partial charge in [-0.1, -0.05) is 6.07 Å². The van der Waals surface area contributed by atoms with Crippen LogP contribution in [0, 0.1) is 0 Å². The lowest BCUT2D eigenvalue weighted by Gasteiger charge is -2.11. The highest BCUT2D eigenvalue weighted by molar-refractivity contribution is 5.47. The smallest absolute Gasteiger partial charge is 0.121 e. The van der Waals surface area contributed by atoms with E-state index in [0.717, 1.165) is 24.6 Å². The molecule has 3 nitrogen and oxygen atoms in total. The third kappa shape index (κ3) is 3.66. The van der Waals surface area contributed by atoms with Gasteiger partial charge < -0.3 is 15.0 Å². The molecule has 0 aromatic heterocycles. The van der Waals surface area contributed by atoms with Crippen LogP contribution in [0.2, 0.25) is 0 Å². The maximum absolute atomic E-state index is 5.58. The third-order valence-corrected chi connectivity index (χ3v) is 1.93. The zero-order valence-corrected chi connectivity index (χ0v) is 9.08. The minimum atomic E-state index is 0.722. The Balaban J connectivity index is 2.42. The molecule has 1 N–H and O–H groups in total. The summed E-state index contributed by atoms with van der Waals surface area (Å²) in [5, 5.41) is 3.08. The van der Waals surface area contributed by atoms with Crippen molar-refractivity contribution in [3.05, 3.63) is 24.3 Å². The fourth-order valence-electron chi connectivity index (χ4n) is 1.09. The second-order valence-electron chi connectivity index (χ2n) is 3.43. The number of likely N-dealkylation sites (N-methyl/N-ethyl adjacent to an activating group) is 1. The van der Waals surface area contributed by atoms with E-state index >= 15 is 0 Å². The van der Waals surface area contributed by atoms with Gasteiger partial charge in [-0.2, -0.15) is 0 Å². The molecular weight excluding hydrogens is 176 g/mol. The van der Waals surface area contributed by atoms with Gasteiger partial charge in [0.15, 0.2) is 0 Å². The van der Waals surface area contributed by atoms with E-state index in [9.17, 15) is 0 Å². The normalized spacial score (nSPS) is 10.3. The van der Waals surface area contributed by atoms with Crippen LogP contribution in [0.4, 0.5) is 5.69 Å². The van der Waals surface area contributed by atoms with E-state index in [1.807, 2.05) is 45.4 Å². The Bertz CT molecular complexity index is 274. The number of hydrogen-bond acceptors (Lipinski definition) is 3. The highest BCUT2D eigenvalue weighted by Crippen LogP contribution is 2.16. The molecule has 1 aromatic carbocycles. The summed E-state index contributed by atoms with van der Waals surface area (Å²) in [5.74, 6) is 0.915. The van der Waals surface area contributed by atoms with Crippen LogP contribution in [0.1, 0.15) is 0 Å². The molecular formula is C11H18N2O. The average molecular weight is 194 g/mol. The molecule has 3 heteroatoms. The molecule has 0 spiro atoms. The molecule has 0 heterocycles. The van der Waals surface area contributed by atoms with E-state index < -0.39 is 0 Å². The average Bonchev–Trinajstić information content (AvgIpc) is 2.18. The lowest BCUT2D eigenvalue weighted by molar-refractivity contribution is 0.261. The van der Waals surface area contributed by atoms with E-state index in [0.29, 0.717) is 0 Å². The molecule has 0 radical (unpaired) electrons. The van der Waals surface area contributed by atoms with E-state index in [1.54, 1.807) is 0 Å². The van der Waals surface area contributed by atoms with Crippen molar-refractivity contribution < 1.29 is 4.74 Å². The number of hydrogen-bond donors (Lipinski definition) is 1. The number of rotatable bonds is 5. The minimum absolute atomic E-state index is 0.722. The molecule has 0 fully saturated rings. The zero-order valence-electron chi connectivity index (χ0n) is 9.08. The first kappa shape index (κ1) is 10.9. The van der Waals surface area contributed by atoms with Gasteiger partial charge in [-0.15, -0.1) is 0 Å². The van der Waals surface area contributed by atoms with Gasteiger partial charge in [-0.25, -0.2) is 0 Å². The van der Waals surface area contributed by atoms with Gasteiger partial charge in [0.1, 0.15) is 12.4 Å². The lowest BCUT2D eigenvalue weighted by Crippen LogP contribution is -2.19. The number of anilines is 1. The first-order valence-corrected chi connectivity index (χ1v) is 4.77. The van der Waals surface area contributed by atoms with E-state index in [2.05, 4.69) is 10.2 Å². The van der Waals surface area contributed by atoms with Crippen LogP contribution >= 0.6 is 0 Å². The SMILES string of the molecule is CNc1cccc(OCCN(C)C)c1. The van der Waals surface area contributed by atoms with Crippen molar-refractivity contribution in [3.63, 3.8) is 0 Å². The predicted octanol–water partition coefficient (Wildman–Crippen LogP) is 1.67. The maximum atomic E-state index is 5.58. The molecule has 0 saturated carbocycles. The first-order valence-electron chi connectivity index (χ1n) is 4.77. The molecule has 0 unspecified atom stereocenters. The summed E-state index contributed by atoms with van der Waals surface area (Å²) in [4.78, 5) is 2.10. The van der Waals surface area contributed by atoms with Gasteiger partial charge in [0.25, 0.3) is 0 Å². The van der Waals surface area contributed by atoms with Gasteiger partial charge in [0.05, 0.1) is 0 Å². The van der Waals surface area contributed by atoms with Gasteiger partial charge in [-0.3, -0.25) is 0 Å². The van der Waals surface area contributed by atoms with E-state index in [1.165, 1.54) is 0 Å². The van der Waals surface area contributed by atoms with Gasteiger partial charge >= 0.3 is 0 Å². The zero-order chi connectivity index (χ0) is 10.4. The highest BCUT2D eigenvalue weighted by atomic mass is 16.5. The molecule has 0 atom stereocenters. The molecule has 14 heavy (non-hydrogen) atoms. The fraction of sp³-hybridized carbons (Fsp3) is 0.455. The molecule has 0 aliphatic rings. The lowest BCUT2D eigenvalue weighted by atomic mass is 10.3. The molecule has 0 saturated heterocycles. The largest absolute Gasteiger partial charge is 0.492 e. The first-order chi connectivity index (χ1) is 6.72. The maximum Gasteiger partial charge on any atom is 0.121 e. The topological polar surface area (TPSA) is 24.5 Å². The second-order valence-corrected chi connectivity index (χ2v) is 3.43. The standard InChI is InChI=1S/C11H18N2O/c1-12-10-5-4-6-11(9-10)14-8-7-13(2)3/h4-6,9,12H,7-8H2,1-3H3. The number of ether oxygens (including phenoxy) is 1. The van der Waals surface area contributed by atoms with Crippen LogP contribution in [-0.2, 0) is 0 Å². The Hall–Kier alpha value is -1.22. The van der Waals surface area contributed by atoms with Crippen LogP contribution in [-0.4, -0.2) is 39.2 Å². The molecule has 0 bridgehead atoms. The van der Waals surface area contributed by atoms with Crippen LogP contribution in [0.3, 0.4) is 0 Å². The van der Waals surface area contributed by atoms with Crippen LogP contribution in [0.15, 0.2) is 24.3 Å². The summed E-state index contributed by atoms with van der Waals surface area (Å²) in [6.07, 6.45) is 0. The summed E-state index contributed by atoms with van der Waals surface area (Å²) in [6.45, 7) is 1.66. The highest BCUT2D eigenvalue weighted by Gasteiger charge is 1.95. The molecule has 1 rings (SSSR count). The third-order valence-electron chi connectivity index (χ3n) is 1.93. The van der Waals surface area contributed by atoms with E-state index in [-0.39, 0.29) is 0 Å². The summed E-state index contributed by atoms with van der Waals surface area (Å²) >= 11 is 0. The van der Waals surface area contributed by atoms with Crippen LogP contribution in [0.5, 0.6) is 5.75 Å². The van der Waals surface area contributed by atoms with Gasteiger partial charge in [0.2, 0.25) is 0 Å². The number of nitrogens with one attached hydrogen (secondary N) is 1. The molecule has 78 valence electrons. The van der Waals surface area contributed by atoms with Crippen molar-refractivity contribution >= 4 is 5.69 Å². The monoisotopic (exact) mass is 194 g/mol. The predicted molar refractivity (Wildman–Crippen MR) is 60.0 cm³/mol. The van der Waals surface area contributed by atoms with Crippen molar-refractivity contribution in [1.82, 2.24) is 4.90 Å². The molecule has 1 aromatic rings. The molecule has 0 amide bonds. The Morgan fingerprint density at radius 1 is 1.36 bits per heavy atom. The Morgan fingerprint density at radius 3 is 2.79 bits per heavy atom. The van der Waals surface area contributed by atoms with Crippen molar-refractivity contribution in [2.24, 2.45) is 0 Å². The minimum Gasteiger partial charge on any atom is -0.492 e. The Labute approximate surface area is 85.7 Å². The summed E-state index contributed by atoms with van der Waals surface area (Å²) in [6, 6.07) is 7.96. The summed E-state index contributed by atoms with van der Waals surface area (Å²) < 4.78 is 5.58. The van der Waals surface area contributed by atoms with Crippen LogP contribution < -0.4 is 10.1 Å². The fourth-order valence-corrected chi connectivity index (χ4v) is 1.09. The second kappa shape index (κ2) is 5.50. The van der Waals surface area contributed by atoms with Crippen LogP contribution in [0.25, 0.3) is 0 Å². The Morgan fingerprint density at radius 2 is 2.14 bits per heavy atom. The van der Waals surface area contributed by atoms with Crippen molar-refractivity contribution in [2.45, 2.75) is 0 Å². The summed E-state index contributed by atoms with van der Waals surface area (Å²) in [7, 11) is 5.97. The molecule has 0 aliphatic carbocycles. The van der Waals surface area contributed by atoms with Crippen molar-refractivity contribution in [2.75, 3.05) is 39.6 Å². The van der Waals surface area contributed by atoms with E-state index in [4.69, 9.17) is 4.74 Å². The number of benzene rings is 1. The molecule has 0 aliphatic heterocycles. The number of nitrogens with zero attached hydrogens (tertiary/aromatic N) is 1.